The first-order chi connectivity index (χ1) is 19.8. The third-order valence-electron chi connectivity index (χ3n) is 10.9. The standard InChI is InChI=1S/C33H43FN2O6/c1-19-6-8-21(9-7-19)40-12-13-41-35-20-10-11-31(4)24(14-20)25(34)15-22-23-16-28-33(27(39)18-37,36-30(2,3)42-28)32(23,5)17-26(38)29(22)31/h6-11,14,22-23,25-26,28-29,36-38H,12-13,15-18H2,1-5H3/b35-20-/t22-,23-,25-,26-,28+,29+,31-,32-,33+/m0/s1. The number of hydrogen-bond acceptors (Lipinski definition) is 8. The first-order valence-corrected chi connectivity index (χ1v) is 15.1. The molecule has 1 aromatic rings. The molecule has 0 bridgehead atoms. The first-order valence-electron chi connectivity index (χ1n) is 15.1. The average molecular weight is 583 g/mol. The number of halogens is 1. The lowest BCUT2D eigenvalue weighted by molar-refractivity contribution is -0.151. The monoisotopic (exact) mass is 582 g/mol. The van der Waals surface area contributed by atoms with Crippen molar-refractivity contribution in [3.63, 3.8) is 0 Å². The molecule has 1 heterocycles. The zero-order valence-corrected chi connectivity index (χ0v) is 25.1. The molecule has 6 rings (SSSR count). The van der Waals surface area contributed by atoms with Crippen LogP contribution in [0.5, 0.6) is 5.75 Å². The van der Waals surface area contributed by atoms with E-state index in [0.717, 1.165) is 11.3 Å². The number of fused-ring (bicyclic) bond motifs is 7. The van der Waals surface area contributed by atoms with Crippen LogP contribution in [0.15, 0.2) is 53.2 Å². The number of nitrogens with one attached hydrogen (secondary N) is 1. The molecule has 0 spiro atoms. The summed E-state index contributed by atoms with van der Waals surface area (Å²) in [6.07, 6.45) is 4.27. The number of benzene rings is 1. The van der Waals surface area contributed by atoms with Gasteiger partial charge in [-0.25, -0.2) is 4.39 Å². The van der Waals surface area contributed by atoms with Crippen molar-refractivity contribution in [2.24, 2.45) is 33.7 Å². The van der Waals surface area contributed by atoms with Gasteiger partial charge in [0.05, 0.1) is 12.2 Å². The largest absolute Gasteiger partial charge is 0.490 e. The minimum atomic E-state index is -1.24. The molecule has 228 valence electrons. The maximum atomic E-state index is 16.2. The van der Waals surface area contributed by atoms with Crippen LogP contribution in [0.3, 0.4) is 0 Å². The number of carbonyl (C=O) groups excluding carboxylic acids is 1. The van der Waals surface area contributed by atoms with E-state index < -0.39 is 47.1 Å². The summed E-state index contributed by atoms with van der Waals surface area (Å²) in [7, 11) is 0. The Labute approximate surface area is 247 Å². The molecule has 0 radical (unpaired) electrons. The topological polar surface area (TPSA) is 110 Å². The molecular weight excluding hydrogens is 539 g/mol. The van der Waals surface area contributed by atoms with Crippen LogP contribution in [0.2, 0.25) is 0 Å². The summed E-state index contributed by atoms with van der Waals surface area (Å²) >= 11 is 0. The zero-order chi connectivity index (χ0) is 30.1. The van der Waals surface area contributed by atoms with E-state index in [4.69, 9.17) is 14.3 Å². The minimum absolute atomic E-state index is 0.0630. The van der Waals surface area contributed by atoms with E-state index in [2.05, 4.69) is 10.5 Å². The van der Waals surface area contributed by atoms with E-state index in [-0.39, 0.29) is 36.6 Å². The number of carbonyl (C=O) groups is 1. The van der Waals surface area contributed by atoms with Crippen molar-refractivity contribution >= 4 is 11.5 Å². The Kier molecular flexibility index (Phi) is 7.20. The smallest absolute Gasteiger partial charge is 0.181 e. The number of aryl methyl sites for hydroxylation is 1. The number of Topliss-reactive ketones (excluding diaryl/α,β-unsaturated/α-hetero) is 1. The normalized spacial score (nSPS) is 42.3. The molecule has 5 aliphatic rings. The lowest BCUT2D eigenvalue weighted by Crippen LogP contribution is -2.69. The Morgan fingerprint density at radius 1 is 1.17 bits per heavy atom. The fourth-order valence-electron chi connectivity index (χ4n) is 9.28. The van der Waals surface area contributed by atoms with Gasteiger partial charge in [-0.2, -0.15) is 0 Å². The Bertz CT molecular complexity index is 1330. The second-order valence-electron chi connectivity index (χ2n) is 13.8. The van der Waals surface area contributed by atoms with Crippen molar-refractivity contribution < 1.29 is 33.7 Å². The molecule has 1 aliphatic heterocycles. The summed E-state index contributed by atoms with van der Waals surface area (Å²) in [6.45, 7) is 9.75. The van der Waals surface area contributed by atoms with Gasteiger partial charge in [-0.15, -0.1) is 0 Å². The van der Waals surface area contributed by atoms with Crippen LogP contribution >= 0.6 is 0 Å². The van der Waals surface area contributed by atoms with Gasteiger partial charge in [0.15, 0.2) is 12.4 Å². The molecular formula is C33H43FN2O6. The summed E-state index contributed by atoms with van der Waals surface area (Å²) in [4.78, 5) is 18.9. The number of aliphatic hydroxyl groups is 2. The molecule has 42 heavy (non-hydrogen) atoms. The van der Waals surface area contributed by atoms with Gasteiger partial charge in [0.2, 0.25) is 0 Å². The summed E-state index contributed by atoms with van der Waals surface area (Å²) in [5.74, 6) is -0.0295. The van der Waals surface area contributed by atoms with Crippen LogP contribution in [-0.2, 0) is 14.4 Å². The highest BCUT2D eigenvalue weighted by Crippen LogP contribution is 2.69. The highest BCUT2D eigenvalue weighted by atomic mass is 19.1. The summed E-state index contributed by atoms with van der Waals surface area (Å²) in [5.41, 5.74) is -1.02. The number of ketones is 1. The zero-order valence-electron chi connectivity index (χ0n) is 25.1. The number of ether oxygens (including phenoxy) is 2. The van der Waals surface area contributed by atoms with Gasteiger partial charge in [-0.1, -0.05) is 42.8 Å². The van der Waals surface area contributed by atoms with Crippen LogP contribution in [-0.4, -0.2) is 71.2 Å². The van der Waals surface area contributed by atoms with Gasteiger partial charge in [-0.3, -0.25) is 10.1 Å². The molecule has 4 fully saturated rings. The van der Waals surface area contributed by atoms with Crippen LogP contribution in [0.1, 0.15) is 52.5 Å². The Morgan fingerprint density at radius 3 is 2.62 bits per heavy atom. The van der Waals surface area contributed by atoms with Crippen molar-refractivity contribution in [3.8, 4) is 5.75 Å². The number of nitrogens with zero attached hydrogens (tertiary/aromatic N) is 1. The SMILES string of the molecule is Cc1ccc(OCCO/N=C2/C=C[C@@]3(C)C(=C2)[C@@H](F)C[C@@H]2[C@@H]3[C@@H](O)C[C@@]3(C)[C@H]2C[C@H]2OC(C)(C)N[C@]23C(=O)CO)cc1. The number of alkyl halides is 1. The van der Waals surface area contributed by atoms with Crippen LogP contribution in [0.25, 0.3) is 0 Å². The van der Waals surface area contributed by atoms with E-state index in [1.165, 1.54) is 0 Å². The summed E-state index contributed by atoms with van der Waals surface area (Å²) in [6, 6.07) is 7.77. The molecule has 1 saturated heterocycles. The predicted octanol–water partition coefficient (Wildman–Crippen LogP) is 4.04. The molecule has 8 nitrogen and oxygen atoms in total. The van der Waals surface area contributed by atoms with Gasteiger partial charge in [0, 0.05) is 16.7 Å². The number of rotatable bonds is 7. The maximum Gasteiger partial charge on any atom is 0.181 e. The molecule has 0 unspecified atom stereocenters. The Hall–Kier alpha value is -2.59. The Balaban J connectivity index is 1.20. The van der Waals surface area contributed by atoms with Crippen LogP contribution in [0, 0.1) is 35.5 Å². The number of hydrogen-bond donors (Lipinski definition) is 3. The fourth-order valence-corrected chi connectivity index (χ4v) is 9.28. The van der Waals surface area contributed by atoms with Gasteiger partial charge >= 0.3 is 0 Å². The lowest BCUT2D eigenvalue weighted by atomic mass is 9.45. The van der Waals surface area contributed by atoms with Gasteiger partial charge in [0.25, 0.3) is 0 Å². The number of oxime groups is 1. The quantitative estimate of drug-likeness (QED) is 0.329. The predicted molar refractivity (Wildman–Crippen MR) is 156 cm³/mol. The van der Waals surface area contributed by atoms with Crippen LogP contribution < -0.4 is 10.1 Å². The van der Waals surface area contributed by atoms with E-state index in [0.29, 0.717) is 30.7 Å². The third-order valence-corrected chi connectivity index (χ3v) is 10.9. The molecule has 0 aromatic heterocycles. The third kappa shape index (κ3) is 4.38. The number of allylic oxidation sites excluding steroid dienone is 4. The minimum Gasteiger partial charge on any atom is -0.490 e. The fraction of sp³-hybridized carbons (Fsp3) is 0.636. The second kappa shape index (κ2) is 10.3. The van der Waals surface area contributed by atoms with Crippen molar-refractivity contribution in [1.82, 2.24) is 5.32 Å². The molecule has 9 heteroatoms. The highest BCUT2D eigenvalue weighted by molar-refractivity contribution is 6.05. The van der Waals surface area contributed by atoms with Crippen molar-refractivity contribution in [2.75, 3.05) is 19.8 Å². The average Bonchev–Trinajstić information content (AvgIpc) is 3.34. The van der Waals surface area contributed by atoms with E-state index >= 15 is 4.39 Å². The van der Waals surface area contributed by atoms with E-state index in [1.54, 1.807) is 6.08 Å². The molecule has 3 saturated carbocycles. The second-order valence-corrected chi connectivity index (χ2v) is 13.8. The van der Waals surface area contributed by atoms with E-state index in [9.17, 15) is 15.0 Å². The molecule has 0 amide bonds. The maximum absolute atomic E-state index is 16.2. The highest BCUT2D eigenvalue weighted by Gasteiger charge is 2.75. The number of aliphatic hydroxyl groups excluding tert-OH is 2. The summed E-state index contributed by atoms with van der Waals surface area (Å²) in [5, 5.41) is 29.5. The van der Waals surface area contributed by atoms with Crippen LogP contribution in [0.4, 0.5) is 4.39 Å². The molecule has 3 N–H and O–H groups in total. The van der Waals surface area contributed by atoms with Gasteiger partial charge in [0.1, 0.15) is 42.1 Å². The van der Waals surface area contributed by atoms with Crippen molar-refractivity contribution in [1.29, 1.82) is 0 Å². The molecule has 9 atom stereocenters. The van der Waals surface area contributed by atoms with Gasteiger partial charge in [-0.05, 0) is 81.7 Å². The van der Waals surface area contributed by atoms with Gasteiger partial charge < -0.3 is 24.5 Å². The first kappa shape index (κ1) is 29.5. The summed E-state index contributed by atoms with van der Waals surface area (Å²) < 4.78 is 28.2. The molecule has 1 aromatic carbocycles. The van der Waals surface area contributed by atoms with Crippen molar-refractivity contribution in [3.05, 3.63) is 53.6 Å². The Morgan fingerprint density at radius 2 is 1.90 bits per heavy atom. The van der Waals surface area contributed by atoms with E-state index in [1.807, 2.05) is 71.0 Å². The molecule has 4 aliphatic carbocycles. The lowest BCUT2D eigenvalue weighted by Gasteiger charge is -2.60. The van der Waals surface area contributed by atoms with Crippen molar-refractivity contribution in [2.45, 2.75) is 83.5 Å².